The number of carbonyl (C=O) groups excluding carboxylic acids is 3. The van der Waals surface area contributed by atoms with Crippen LogP contribution in [0.4, 0.5) is 9.59 Å². The predicted octanol–water partition coefficient (Wildman–Crippen LogP) is 4.02. The minimum Gasteiger partial charge on any atom is -0.463 e. The average Bonchev–Trinajstić information content (AvgIpc) is 2.78. The molecule has 0 aromatic heterocycles. The number of benzene rings is 1. The van der Waals surface area contributed by atoms with E-state index in [1.165, 1.54) is 0 Å². The van der Waals surface area contributed by atoms with Crippen LogP contribution in [0.2, 0.25) is 10.0 Å². The van der Waals surface area contributed by atoms with Crippen molar-refractivity contribution < 1.29 is 19.1 Å². The van der Waals surface area contributed by atoms with E-state index in [1.807, 2.05) is 32.6 Å². The van der Waals surface area contributed by atoms with Crippen LogP contribution in [-0.4, -0.2) is 84.1 Å². The molecule has 0 aliphatic carbocycles. The molecule has 1 aromatic carbocycles. The maximum Gasteiger partial charge on any atom is 0.338 e. The van der Waals surface area contributed by atoms with E-state index in [0.717, 1.165) is 0 Å². The Bertz CT molecular complexity index is 1030. The molecular formula is C25H35Cl2N5O4. The highest BCUT2D eigenvalue weighted by atomic mass is 35.5. The van der Waals surface area contributed by atoms with Crippen molar-refractivity contribution in [2.45, 2.75) is 52.7 Å². The summed E-state index contributed by atoms with van der Waals surface area (Å²) < 4.78 is 5.43. The maximum absolute atomic E-state index is 13.3. The number of ether oxygens (including phenoxy) is 1. The predicted molar refractivity (Wildman–Crippen MR) is 140 cm³/mol. The van der Waals surface area contributed by atoms with Crippen LogP contribution in [0.3, 0.4) is 0 Å². The summed E-state index contributed by atoms with van der Waals surface area (Å²) in [7, 11) is 0. The van der Waals surface area contributed by atoms with Crippen LogP contribution in [0.1, 0.15) is 46.2 Å². The molecule has 2 atom stereocenters. The first-order valence-electron chi connectivity index (χ1n) is 12.3. The highest BCUT2D eigenvalue weighted by Gasteiger charge is 2.40. The van der Waals surface area contributed by atoms with E-state index in [2.05, 4.69) is 15.5 Å². The van der Waals surface area contributed by atoms with Gasteiger partial charge in [-0.2, -0.15) is 0 Å². The molecular weight excluding hydrogens is 505 g/mol. The van der Waals surface area contributed by atoms with Crippen LogP contribution < -0.4 is 10.6 Å². The molecule has 2 unspecified atom stereocenters. The van der Waals surface area contributed by atoms with Crippen molar-refractivity contribution in [2.75, 3.05) is 39.3 Å². The third-order valence-corrected chi connectivity index (χ3v) is 6.84. The summed E-state index contributed by atoms with van der Waals surface area (Å²) in [6.07, 6.45) is 0. The van der Waals surface area contributed by atoms with Crippen molar-refractivity contribution in [3.05, 3.63) is 45.1 Å². The summed E-state index contributed by atoms with van der Waals surface area (Å²) in [6, 6.07) is 3.79. The Kier molecular flexibility index (Phi) is 9.49. The van der Waals surface area contributed by atoms with E-state index >= 15 is 0 Å². The Morgan fingerprint density at radius 3 is 2.53 bits per heavy atom. The minimum atomic E-state index is -0.783. The lowest BCUT2D eigenvalue weighted by Crippen LogP contribution is -2.58. The number of esters is 1. The molecule has 1 saturated heterocycles. The monoisotopic (exact) mass is 539 g/mol. The van der Waals surface area contributed by atoms with Gasteiger partial charge in [0.2, 0.25) is 0 Å². The molecule has 11 heteroatoms. The van der Waals surface area contributed by atoms with E-state index in [1.54, 1.807) is 30.0 Å². The zero-order chi connectivity index (χ0) is 26.6. The number of urea groups is 2. The second-order valence-electron chi connectivity index (χ2n) is 9.26. The van der Waals surface area contributed by atoms with E-state index in [9.17, 15) is 14.4 Å². The van der Waals surface area contributed by atoms with Gasteiger partial charge in [0.1, 0.15) is 0 Å². The number of amides is 4. The van der Waals surface area contributed by atoms with Crippen LogP contribution in [0.15, 0.2) is 29.5 Å². The molecule has 2 N–H and O–H groups in total. The van der Waals surface area contributed by atoms with Crippen LogP contribution in [0, 0.1) is 0 Å². The lowest BCUT2D eigenvalue weighted by molar-refractivity contribution is -0.139. The van der Waals surface area contributed by atoms with Crippen molar-refractivity contribution in [3.8, 4) is 0 Å². The van der Waals surface area contributed by atoms with Crippen molar-refractivity contribution in [1.29, 1.82) is 0 Å². The second-order valence-corrected chi connectivity index (χ2v) is 10.1. The van der Waals surface area contributed by atoms with Crippen LogP contribution in [0.25, 0.3) is 0 Å². The van der Waals surface area contributed by atoms with Crippen LogP contribution in [-0.2, 0) is 9.53 Å². The first kappa shape index (κ1) is 28.1. The quantitative estimate of drug-likeness (QED) is 0.510. The Morgan fingerprint density at radius 2 is 1.94 bits per heavy atom. The number of halogens is 2. The molecule has 1 aromatic rings. The Morgan fingerprint density at radius 1 is 1.22 bits per heavy atom. The molecule has 4 amide bonds. The highest BCUT2D eigenvalue weighted by Crippen LogP contribution is 2.36. The Hall–Kier alpha value is -2.49. The van der Waals surface area contributed by atoms with Crippen LogP contribution in [0.5, 0.6) is 0 Å². The number of likely N-dealkylation sites (N-methyl/N-ethyl adjacent to an activating group) is 1. The number of nitrogens with zero attached hydrogens (tertiary/aromatic N) is 3. The van der Waals surface area contributed by atoms with E-state index < -0.39 is 12.0 Å². The fourth-order valence-electron chi connectivity index (χ4n) is 4.65. The largest absolute Gasteiger partial charge is 0.463 e. The molecule has 198 valence electrons. The molecule has 2 aliphatic rings. The maximum atomic E-state index is 13.3. The van der Waals surface area contributed by atoms with Gasteiger partial charge in [-0.3, -0.25) is 9.80 Å². The van der Waals surface area contributed by atoms with Gasteiger partial charge in [0.25, 0.3) is 0 Å². The molecule has 0 radical (unpaired) electrons. The first-order chi connectivity index (χ1) is 17.1. The molecule has 1 fully saturated rings. The molecule has 9 nitrogen and oxygen atoms in total. The standard InChI is InChI=1S/C25H35Cl2N5O4/c1-6-31-20(14-30-10-11-32(16(5)13-30)24(34)28-15(3)4)21(23(33)36-7-2)22(29-25(31)35)18-9-8-17(26)12-19(18)27/h8-9,12,15-16,22H,6-7,10-11,13-14H2,1-5H3,(H,28,34)(H,29,35). The Balaban J connectivity index is 1.97. The lowest BCUT2D eigenvalue weighted by Gasteiger charge is -2.43. The summed E-state index contributed by atoms with van der Waals surface area (Å²) >= 11 is 12.6. The van der Waals surface area contributed by atoms with Gasteiger partial charge in [0.05, 0.1) is 18.2 Å². The topological polar surface area (TPSA) is 94.2 Å². The van der Waals surface area contributed by atoms with Gasteiger partial charge < -0.3 is 20.3 Å². The fraction of sp³-hybridized carbons (Fsp3) is 0.560. The van der Waals surface area contributed by atoms with Gasteiger partial charge >= 0.3 is 18.0 Å². The number of piperazine rings is 1. The summed E-state index contributed by atoms with van der Waals surface area (Å²) in [6.45, 7) is 12.1. The van der Waals surface area contributed by atoms with E-state index in [4.69, 9.17) is 27.9 Å². The molecule has 3 rings (SSSR count). The smallest absolute Gasteiger partial charge is 0.338 e. The second kappa shape index (κ2) is 12.2. The zero-order valence-corrected chi connectivity index (χ0v) is 22.9. The SMILES string of the molecule is CCOC(=O)C1=C(CN2CCN(C(=O)NC(C)C)C(C)C2)N(CC)C(=O)NC1c1ccc(Cl)cc1Cl. The summed E-state index contributed by atoms with van der Waals surface area (Å²) in [5.74, 6) is -0.509. The fourth-order valence-corrected chi connectivity index (χ4v) is 5.16. The van der Waals surface area contributed by atoms with Gasteiger partial charge in [-0.1, -0.05) is 29.3 Å². The van der Waals surface area contributed by atoms with Crippen molar-refractivity contribution in [2.24, 2.45) is 0 Å². The lowest BCUT2D eigenvalue weighted by atomic mass is 9.94. The van der Waals surface area contributed by atoms with E-state index in [-0.39, 0.29) is 30.8 Å². The Labute approximate surface area is 222 Å². The van der Waals surface area contributed by atoms with Crippen LogP contribution >= 0.6 is 23.2 Å². The third-order valence-electron chi connectivity index (χ3n) is 6.28. The van der Waals surface area contributed by atoms with Gasteiger partial charge in [0, 0.05) is 60.5 Å². The summed E-state index contributed by atoms with van der Waals surface area (Å²) in [4.78, 5) is 44.5. The normalized spacial score (nSPS) is 21.1. The summed E-state index contributed by atoms with van der Waals surface area (Å²) in [5, 5.41) is 6.67. The van der Waals surface area contributed by atoms with Crippen molar-refractivity contribution >= 4 is 41.2 Å². The number of hydrogen-bond acceptors (Lipinski definition) is 5. The van der Waals surface area contributed by atoms with Crippen molar-refractivity contribution in [3.63, 3.8) is 0 Å². The minimum absolute atomic E-state index is 0.0434. The van der Waals surface area contributed by atoms with E-state index in [0.29, 0.717) is 59.6 Å². The molecule has 0 saturated carbocycles. The highest BCUT2D eigenvalue weighted by molar-refractivity contribution is 6.35. The van der Waals surface area contributed by atoms with Gasteiger partial charge in [-0.05, 0) is 52.3 Å². The number of nitrogens with one attached hydrogen (secondary N) is 2. The first-order valence-corrected chi connectivity index (χ1v) is 13.1. The zero-order valence-electron chi connectivity index (χ0n) is 21.4. The van der Waals surface area contributed by atoms with Gasteiger partial charge in [0.15, 0.2) is 0 Å². The molecule has 0 bridgehead atoms. The molecule has 36 heavy (non-hydrogen) atoms. The third kappa shape index (κ3) is 6.25. The van der Waals surface area contributed by atoms with Crippen molar-refractivity contribution in [1.82, 2.24) is 25.3 Å². The number of rotatable bonds is 7. The molecule has 0 spiro atoms. The number of carbonyl (C=O) groups is 3. The number of hydrogen-bond donors (Lipinski definition) is 2. The average molecular weight is 540 g/mol. The van der Waals surface area contributed by atoms with Gasteiger partial charge in [-0.15, -0.1) is 0 Å². The molecule has 2 heterocycles. The van der Waals surface area contributed by atoms with Gasteiger partial charge in [-0.25, -0.2) is 14.4 Å². The molecule has 2 aliphatic heterocycles. The summed E-state index contributed by atoms with van der Waals surface area (Å²) in [5.41, 5.74) is 1.48.